The fourth-order valence-corrected chi connectivity index (χ4v) is 2.83. The molecule has 0 aliphatic heterocycles. The monoisotopic (exact) mass is 354 g/mol. The van der Waals surface area contributed by atoms with E-state index in [0.29, 0.717) is 12.1 Å². The van der Waals surface area contributed by atoms with E-state index in [9.17, 15) is 9.59 Å². The summed E-state index contributed by atoms with van der Waals surface area (Å²) in [7, 11) is 0. The van der Waals surface area contributed by atoms with Gasteiger partial charge in [-0.15, -0.1) is 6.58 Å². The van der Waals surface area contributed by atoms with Gasteiger partial charge in [0.1, 0.15) is 17.8 Å². The lowest BCUT2D eigenvalue weighted by Crippen LogP contribution is -2.27. The zero-order valence-corrected chi connectivity index (χ0v) is 16.2. The second-order valence-corrected chi connectivity index (χ2v) is 7.45. The highest BCUT2D eigenvalue weighted by Crippen LogP contribution is 2.28. The van der Waals surface area contributed by atoms with Crippen LogP contribution in [-0.4, -0.2) is 27.1 Å². The maximum Gasteiger partial charge on any atom is 0.328 e. The summed E-state index contributed by atoms with van der Waals surface area (Å²) < 4.78 is 6.96. The number of ether oxygens (including phenoxy) is 1. The molecule has 1 aromatic carbocycles. The van der Waals surface area contributed by atoms with Gasteiger partial charge in [-0.05, 0) is 57.4 Å². The smallest absolute Gasteiger partial charge is 0.328 e. The molecule has 0 aliphatic carbocycles. The Hall–Kier alpha value is -2.69. The number of benzene rings is 1. The minimum Gasteiger partial charge on any atom is -0.459 e. The zero-order chi connectivity index (χ0) is 19.6. The van der Waals surface area contributed by atoms with Crippen molar-refractivity contribution in [3.63, 3.8) is 0 Å². The van der Waals surface area contributed by atoms with Crippen molar-refractivity contribution in [3.8, 4) is 0 Å². The van der Waals surface area contributed by atoms with Gasteiger partial charge in [0.05, 0.1) is 5.52 Å². The maximum absolute atomic E-state index is 12.3. The van der Waals surface area contributed by atoms with E-state index >= 15 is 0 Å². The second-order valence-electron chi connectivity index (χ2n) is 7.45. The van der Waals surface area contributed by atoms with Gasteiger partial charge in [0.2, 0.25) is 0 Å². The lowest BCUT2D eigenvalue weighted by molar-refractivity contribution is -0.155. The van der Waals surface area contributed by atoms with E-state index in [2.05, 4.69) is 18.3 Å². The van der Waals surface area contributed by atoms with Crippen LogP contribution < -0.4 is 0 Å². The maximum atomic E-state index is 12.3. The summed E-state index contributed by atoms with van der Waals surface area (Å²) in [4.78, 5) is 24.4. The first-order valence-corrected chi connectivity index (χ1v) is 8.56. The van der Waals surface area contributed by atoms with Crippen LogP contribution in [0.3, 0.4) is 0 Å². The van der Waals surface area contributed by atoms with Gasteiger partial charge in [0, 0.05) is 12.3 Å². The minimum absolute atomic E-state index is 0.0579. The minimum atomic E-state index is -0.583. The van der Waals surface area contributed by atoms with E-state index in [1.807, 2.05) is 39.8 Å². The second kappa shape index (κ2) is 7.28. The number of esters is 1. The average molecular weight is 354 g/mol. The fourth-order valence-electron chi connectivity index (χ4n) is 2.83. The summed E-state index contributed by atoms with van der Waals surface area (Å²) in [6.07, 6.45) is 2.38. The van der Waals surface area contributed by atoms with E-state index in [4.69, 9.17) is 4.74 Å². The van der Waals surface area contributed by atoms with Crippen LogP contribution in [0.1, 0.15) is 56.2 Å². The molecule has 0 fully saturated rings. The van der Waals surface area contributed by atoms with Crippen molar-refractivity contribution >= 4 is 28.2 Å². The number of carbonyl (C=O) groups excluding carboxylic acids is 2. The standard InChI is InChI=1S/C21H26N2O3/c1-8-9-15-10-16(13(2)3)11-17-19(14(4)24)22-23(20(15)17)12-18(25)26-21(5,6)7/h8,10-11H,1-2,9,12H2,3-7H3. The molecule has 5 heteroatoms. The molecule has 0 saturated heterocycles. The van der Waals surface area contributed by atoms with Crippen molar-refractivity contribution in [2.45, 2.75) is 53.2 Å². The number of aromatic nitrogens is 2. The molecule has 138 valence electrons. The van der Waals surface area contributed by atoms with Gasteiger partial charge in [-0.2, -0.15) is 5.10 Å². The normalized spacial score (nSPS) is 11.4. The number of Topliss-reactive ketones (excluding diaryl/α,β-unsaturated/α-hetero) is 1. The highest BCUT2D eigenvalue weighted by Gasteiger charge is 2.22. The summed E-state index contributed by atoms with van der Waals surface area (Å²) in [5.41, 5.74) is 3.29. The third kappa shape index (κ3) is 4.28. The van der Waals surface area contributed by atoms with Gasteiger partial charge in [0.15, 0.2) is 5.78 Å². The number of ketones is 1. The predicted molar refractivity (Wildman–Crippen MR) is 104 cm³/mol. The van der Waals surface area contributed by atoms with Crippen LogP contribution in [-0.2, 0) is 22.5 Å². The van der Waals surface area contributed by atoms with E-state index in [1.54, 1.807) is 10.8 Å². The first kappa shape index (κ1) is 19.6. The third-order valence-corrected chi connectivity index (χ3v) is 3.81. The van der Waals surface area contributed by atoms with Crippen molar-refractivity contribution in [2.24, 2.45) is 0 Å². The SMILES string of the molecule is C=CCc1cc(C(=C)C)cc2c(C(C)=O)nn(CC(=O)OC(C)(C)C)c12. The Kier molecular flexibility index (Phi) is 5.50. The van der Waals surface area contributed by atoms with E-state index in [1.165, 1.54) is 6.92 Å². The van der Waals surface area contributed by atoms with E-state index in [-0.39, 0.29) is 12.3 Å². The van der Waals surface area contributed by atoms with E-state index in [0.717, 1.165) is 27.6 Å². The highest BCUT2D eigenvalue weighted by atomic mass is 16.6. The van der Waals surface area contributed by atoms with Crippen LogP contribution in [0.4, 0.5) is 0 Å². The molecule has 2 aromatic rings. The number of fused-ring (bicyclic) bond motifs is 1. The Balaban J connectivity index is 2.67. The summed E-state index contributed by atoms with van der Waals surface area (Å²) in [5.74, 6) is -0.549. The number of hydrogen-bond acceptors (Lipinski definition) is 4. The first-order chi connectivity index (χ1) is 12.0. The van der Waals surface area contributed by atoms with Crippen molar-refractivity contribution in [3.05, 3.63) is 48.2 Å². The summed E-state index contributed by atoms with van der Waals surface area (Å²) in [6.45, 7) is 16.6. The number of hydrogen-bond donors (Lipinski definition) is 0. The Morgan fingerprint density at radius 1 is 1.27 bits per heavy atom. The predicted octanol–water partition coefficient (Wildman–Crippen LogP) is 4.34. The lowest BCUT2D eigenvalue weighted by Gasteiger charge is -2.19. The van der Waals surface area contributed by atoms with Crippen LogP contribution in [0.25, 0.3) is 16.5 Å². The molecule has 0 N–H and O–H groups in total. The largest absolute Gasteiger partial charge is 0.459 e. The molecule has 5 nitrogen and oxygen atoms in total. The van der Waals surface area contributed by atoms with E-state index < -0.39 is 11.6 Å². The fraction of sp³-hybridized carbons (Fsp3) is 0.381. The quantitative estimate of drug-likeness (QED) is 0.440. The molecule has 2 rings (SSSR count). The first-order valence-electron chi connectivity index (χ1n) is 8.56. The molecule has 1 aromatic heterocycles. The molecule has 0 aliphatic rings. The Labute approximate surface area is 154 Å². The van der Waals surface area contributed by atoms with Crippen LogP contribution in [0.2, 0.25) is 0 Å². The molecule has 0 spiro atoms. The molecule has 26 heavy (non-hydrogen) atoms. The molecule has 0 amide bonds. The average Bonchev–Trinajstić information content (AvgIpc) is 2.84. The number of allylic oxidation sites excluding steroid dienone is 2. The van der Waals surface area contributed by atoms with Gasteiger partial charge >= 0.3 is 5.97 Å². The zero-order valence-electron chi connectivity index (χ0n) is 16.2. The molecule has 0 radical (unpaired) electrons. The molecular formula is C21H26N2O3. The van der Waals surface area contributed by atoms with Gasteiger partial charge in [-0.3, -0.25) is 14.3 Å². The molecule has 0 atom stereocenters. The summed E-state index contributed by atoms with van der Waals surface area (Å²) in [5, 5.41) is 5.13. The van der Waals surface area contributed by atoms with Crippen molar-refractivity contribution in [1.82, 2.24) is 9.78 Å². The number of rotatable bonds is 6. The summed E-state index contributed by atoms with van der Waals surface area (Å²) in [6, 6.07) is 3.91. The number of nitrogens with zero attached hydrogens (tertiary/aromatic N) is 2. The van der Waals surface area contributed by atoms with Crippen LogP contribution in [0.5, 0.6) is 0 Å². The number of carbonyl (C=O) groups is 2. The molecular weight excluding hydrogens is 328 g/mol. The van der Waals surface area contributed by atoms with Gasteiger partial charge in [-0.25, -0.2) is 0 Å². The highest BCUT2D eigenvalue weighted by molar-refractivity contribution is 6.06. The molecule has 0 saturated carbocycles. The van der Waals surface area contributed by atoms with Crippen molar-refractivity contribution in [1.29, 1.82) is 0 Å². The topological polar surface area (TPSA) is 61.2 Å². The molecule has 0 unspecified atom stereocenters. The lowest BCUT2D eigenvalue weighted by atomic mass is 9.98. The van der Waals surface area contributed by atoms with Crippen LogP contribution >= 0.6 is 0 Å². The van der Waals surface area contributed by atoms with Crippen molar-refractivity contribution in [2.75, 3.05) is 0 Å². The van der Waals surface area contributed by atoms with Gasteiger partial charge in [-0.1, -0.05) is 18.2 Å². The summed E-state index contributed by atoms with van der Waals surface area (Å²) >= 11 is 0. The Morgan fingerprint density at radius 2 is 1.92 bits per heavy atom. The van der Waals surface area contributed by atoms with Gasteiger partial charge in [0.25, 0.3) is 0 Å². The van der Waals surface area contributed by atoms with Crippen LogP contribution in [0.15, 0.2) is 31.4 Å². The molecule has 0 bridgehead atoms. The third-order valence-electron chi connectivity index (χ3n) is 3.81. The Morgan fingerprint density at radius 3 is 2.42 bits per heavy atom. The van der Waals surface area contributed by atoms with Gasteiger partial charge < -0.3 is 4.74 Å². The van der Waals surface area contributed by atoms with Crippen LogP contribution in [0, 0.1) is 0 Å². The Bertz CT molecular complexity index is 898. The molecule has 1 heterocycles. The van der Waals surface area contributed by atoms with Crippen molar-refractivity contribution < 1.29 is 14.3 Å².